The number of carbonyl (C=O) groups is 1. The third kappa shape index (κ3) is 5.69. The lowest BCUT2D eigenvalue weighted by Crippen LogP contribution is -2.29. The van der Waals surface area contributed by atoms with Crippen LogP contribution in [0.3, 0.4) is 0 Å². The Morgan fingerprint density at radius 3 is 2.57 bits per heavy atom. The fourth-order valence-electron chi connectivity index (χ4n) is 2.09. The van der Waals surface area contributed by atoms with Crippen molar-refractivity contribution in [2.75, 3.05) is 13.2 Å². The minimum Gasteiger partial charge on any atom is -0.493 e. The van der Waals surface area contributed by atoms with Crippen molar-refractivity contribution in [1.29, 1.82) is 0 Å². The smallest absolute Gasteiger partial charge is 0.223 e. The van der Waals surface area contributed by atoms with Gasteiger partial charge < -0.3 is 15.2 Å². The van der Waals surface area contributed by atoms with Gasteiger partial charge in [0.15, 0.2) is 0 Å². The molecule has 4 nitrogen and oxygen atoms in total. The summed E-state index contributed by atoms with van der Waals surface area (Å²) in [6.07, 6.45) is -0.392. The van der Waals surface area contributed by atoms with Gasteiger partial charge in [-0.1, -0.05) is 26.0 Å². The van der Waals surface area contributed by atoms with E-state index in [4.69, 9.17) is 4.74 Å². The highest BCUT2D eigenvalue weighted by Gasteiger charge is 2.10. The standard InChI is InChI=1S/C18H23NO3S/c1-13(2)14-3-5-16(6-4-14)22-9-7-18(21)19-11-17(20)15-8-10-23-12-15/h3-6,8,10,12-13,17,20H,7,9,11H2,1-2H3,(H,19,21). The van der Waals surface area contributed by atoms with E-state index in [2.05, 4.69) is 19.2 Å². The van der Waals surface area contributed by atoms with Gasteiger partial charge in [0.2, 0.25) is 5.91 Å². The summed E-state index contributed by atoms with van der Waals surface area (Å²) in [5.74, 6) is 1.13. The third-order valence-corrected chi connectivity index (χ3v) is 4.27. The van der Waals surface area contributed by atoms with Gasteiger partial charge >= 0.3 is 0 Å². The second-order valence-electron chi connectivity index (χ2n) is 5.70. The van der Waals surface area contributed by atoms with Crippen LogP contribution in [0, 0.1) is 0 Å². The van der Waals surface area contributed by atoms with Crippen molar-refractivity contribution in [2.45, 2.75) is 32.3 Å². The van der Waals surface area contributed by atoms with Gasteiger partial charge in [0.25, 0.3) is 0 Å². The number of ether oxygens (including phenoxy) is 1. The van der Waals surface area contributed by atoms with Crippen LogP contribution in [-0.2, 0) is 4.79 Å². The van der Waals surface area contributed by atoms with Gasteiger partial charge in [-0.25, -0.2) is 0 Å². The summed E-state index contributed by atoms with van der Waals surface area (Å²) >= 11 is 1.52. The monoisotopic (exact) mass is 333 g/mol. The average molecular weight is 333 g/mol. The van der Waals surface area contributed by atoms with Crippen LogP contribution < -0.4 is 10.1 Å². The van der Waals surface area contributed by atoms with Crippen LogP contribution in [0.5, 0.6) is 5.75 Å². The lowest BCUT2D eigenvalue weighted by Gasteiger charge is -2.11. The summed E-state index contributed by atoms with van der Waals surface area (Å²) < 4.78 is 5.57. The molecule has 2 rings (SSSR count). The van der Waals surface area contributed by atoms with Crippen molar-refractivity contribution >= 4 is 17.2 Å². The summed E-state index contributed by atoms with van der Waals surface area (Å²) in [5, 5.41) is 16.4. The van der Waals surface area contributed by atoms with E-state index in [1.807, 2.05) is 41.1 Å². The molecule has 124 valence electrons. The molecule has 1 unspecified atom stereocenters. The number of rotatable bonds is 8. The van der Waals surface area contributed by atoms with E-state index in [1.165, 1.54) is 16.9 Å². The number of nitrogens with one attached hydrogen (secondary N) is 1. The van der Waals surface area contributed by atoms with Crippen LogP contribution in [0.25, 0.3) is 0 Å². The molecule has 2 aromatic rings. The van der Waals surface area contributed by atoms with Crippen molar-refractivity contribution < 1.29 is 14.6 Å². The zero-order chi connectivity index (χ0) is 16.7. The Morgan fingerprint density at radius 1 is 1.22 bits per heavy atom. The number of hydrogen-bond donors (Lipinski definition) is 2. The number of aliphatic hydroxyl groups is 1. The van der Waals surface area contributed by atoms with Gasteiger partial charge in [-0.2, -0.15) is 11.3 Å². The normalized spacial score (nSPS) is 12.2. The van der Waals surface area contributed by atoms with Gasteiger partial charge in [-0.15, -0.1) is 0 Å². The van der Waals surface area contributed by atoms with Gasteiger partial charge in [-0.05, 0) is 46.0 Å². The first-order valence-electron chi connectivity index (χ1n) is 7.76. The van der Waals surface area contributed by atoms with E-state index >= 15 is 0 Å². The minimum absolute atomic E-state index is 0.127. The van der Waals surface area contributed by atoms with E-state index < -0.39 is 6.10 Å². The molecule has 0 spiro atoms. The zero-order valence-corrected chi connectivity index (χ0v) is 14.3. The van der Waals surface area contributed by atoms with Crippen LogP contribution in [0.2, 0.25) is 0 Å². The van der Waals surface area contributed by atoms with E-state index in [-0.39, 0.29) is 18.9 Å². The second kappa shape index (κ2) is 8.70. The Bertz CT molecular complexity index is 593. The van der Waals surface area contributed by atoms with Crippen LogP contribution in [-0.4, -0.2) is 24.2 Å². The molecule has 0 aliphatic carbocycles. The Morgan fingerprint density at radius 2 is 1.96 bits per heavy atom. The molecule has 0 radical (unpaired) electrons. The van der Waals surface area contributed by atoms with E-state index in [9.17, 15) is 9.90 Å². The predicted molar refractivity (Wildman–Crippen MR) is 92.9 cm³/mol. The zero-order valence-electron chi connectivity index (χ0n) is 13.5. The fourth-order valence-corrected chi connectivity index (χ4v) is 2.80. The summed E-state index contributed by atoms with van der Waals surface area (Å²) in [6.45, 7) is 4.83. The first kappa shape index (κ1) is 17.5. The maximum atomic E-state index is 11.8. The highest BCUT2D eigenvalue weighted by atomic mass is 32.1. The van der Waals surface area contributed by atoms with Crippen molar-refractivity contribution in [1.82, 2.24) is 5.32 Å². The molecular weight excluding hydrogens is 310 g/mol. The van der Waals surface area contributed by atoms with Crippen LogP contribution in [0.4, 0.5) is 0 Å². The van der Waals surface area contributed by atoms with Gasteiger partial charge in [0.1, 0.15) is 5.75 Å². The molecule has 1 aromatic carbocycles. The molecule has 1 aromatic heterocycles. The van der Waals surface area contributed by atoms with Crippen molar-refractivity contribution in [3.05, 3.63) is 52.2 Å². The SMILES string of the molecule is CC(C)c1ccc(OCCC(=O)NCC(O)c2ccsc2)cc1. The fraction of sp³-hybridized carbons (Fsp3) is 0.389. The Hall–Kier alpha value is -1.85. The molecule has 5 heteroatoms. The third-order valence-electron chi connectivity index (χ3n) is 3.57. The summed E-state index contributed by atoms with van der Waals surface area (Å²) in [6, 6.07) is 9.78. The van der Waals surface area contributed by atoms with Crippen molar-refractivity contribution in [3.8, 4) is 5.75 Å². The molecule has 0 aliphatic rings. The topological polar surface area (TPSA) is 58.6 Å². The maximum Gasteiger partial charge on any atom is 0.223 e. The minimum atomic E-state index is -0.658. The van der Waals surface area contributed by atoms with Gasteiger partial charge in [-0.3, -0.25) is 4.79 Å². The molecular formula is C18H23NO3S. The van der Waals surface area contributed by atoms with Crippen LogP contribution in [0.1, 0.15) is 43.4 Å². The number of benzene rings is 1. The molecule has 0 aliphatic heterocycles. The Kier molecular flexibility index (Phi) is 6.62. The number of amides is 1. The first-order valence-corrected chi connectivity index (χ1v) is 8.70. The quantitative estimate of drug-likeness (QED) is 0.777. The largest absolute Gasteiger partial charge is 0.493 e. The van der Waals surface area contributed by atoms with Crippen molar-refractivity contribution in [2.24, 2.45) is 0 Å². The number of hydrogen-bond acceptors (Lipinski definition) is 4. The van der Waals surface area contributed by atoms with Crippen LogP contribution in [0.15, 0.2) is 41.1 Å². The molecule has 1 heterocycles. The van der Waals surface area contributed by atoms with Crippen molar-refractivity contribution in [3.63, 3.8) is 0 Å². The molecule has 1 atom stereocenters. The number of carbonyl (C=O) groups excluding carboxylic acids is 1. The maximum absolute atomic E-state index is 11.8. The lowest BCUT2D eigenvalue weighted by molar-refractivity contribution is -0.122. The summed E-state index contributed by atoms with van der Waals surface area (Å²) in [4.78, 5) is 11.8. The summed E-state index contributed by atoms with van der Waals surface area (Å²) in [5.41, 5.74) is 2.09. The number of aliphatic hydroxyl groups excluding tert-OH is 1. The van der Waals surface area contributed by atoms with E-state index in [1.54, 1.807) is 0 Å². The molecule has 0 fully saturated rings. The highest BCUT2D eigenvalue weighted by molar-refractivity contribution is 7.07. The highest BCUT2D eigenvalue weighted by Crippen LogP contribution is 2.18. The molecule has 0 saturated carbocycles. The number of thiophene rings is 1. The van der Waals surface area contributed by atoms with E-state index in [0.717, 1.165) is 11.3 Å². The molecule has 23 heavy (non-hydrogen) atoms. The molecule has 0 bridgehead atoms. The lowest BCUT2D eigenvalue weighted by atomic mass is 10.0. The average Bonchev–Trinajstić information content (AvgIpc) is 3.07. The Labute approximate surface area is 141 Å². The molecule has 1 amide bonds. The Balaban J connectivity index is 1.66. The van der Waals surface area contributed by atoms with Gasteiger partial charge in [0.05, 0.1) is 19.1 Å². The van der Waals surface area contributed by atoms with Crippen LogP contribution >= 0.6 is 11.3 Å². The second-order valence-corrected chi connectivity index (χ2v) is 6.48. The molecule has 0 saturated heterocycles. The molecule has 2 N–H and O–H groups in total. The summed E-state index contributed by atoms with van der Waals surface area (Å²) in [7, 11) is 0. The van der Waals surface area contributed by atoms with Gasteiger partial charge in [0, 0.05) is 6.54 Å². The first-order chi connectivity index (χ1) is 11.1. The predicted octanol–water partition coefficient (Wildman–Crippen LogP) is 3.49. The van der Waals surface area contributed by atoms with E-state index in [0.29, 0.717) is 12.5 Å².